The molecule has 5 rings (SSSR count). The predicted octanol–water partition coefficient (Wildman–Crippen LogP) is 4.86. The Balaban J connectivity index is 0.00000353. The lowest BCUT2D eigenvalue weighted by Gasteiger charge is -2.33. The number of fused-ring (bicyclic) bond motifs is 2. The van der Waals surface area contributed by atoms with Crippen LogP contribution in [-0.2, 0) is 13.2 Å². The molecule has 2 aliphatic heterocycles. The number of imide groups is 1. The van der Waals surface area contributed by atoms with Gasteiger partial charge < -0.3 is 10.6 Å². The van der Waals surface area contributed by atoms with Gasteiger partial charge in [0.2, 0.25) is 0 Å². The van der Waals surface area contributed by atoms with Crippen LogP contribution in [0.3, 0.4) is 0 Å². The highest BCUT2D eigenvalue weighted by molar-refractivity contribution is 6.13. The second-order valence-corrected chi connectivity index (χ2v) is 9.83. The van der Waals surface area contributed by atoms with Gasteiger partial charge in [0.05, 0.1) is 27.9 Å². The second-order valence-electron chi connectivity index (χ2n) is 9.83. The molecule has 4 heterocycles. The van der Waals surface area contributed by atoms with Crippen molar-refractivity contribution in [1.29, 1.82) is 0 Å². The van der Waals surface area contributed by atoms with Crippen molar-refractivity contribution >= 4 is 46.8 Å². The molecular formula is C25H28ClF4N7O2. The molecule has 0 bridgehead atoms. The van der Waals surface area contributed by atoms with Crippen molar-refractivity contribution in [2.45, 2.75) is 44.3 Å². The molecule has 0 unspecified atom stereocenters. The van der Waals surface area contributed by atoms with Crippen LogP contribution in [0.2, 0.25) is 0 Å². The number of hydrogen-bond acceptors (Lipinski definition) is 6. The number of carbonyl (C=O) groups excluding carboxylic acids is 2. The minimum atomic E-state index is -4.94. The minimum absolute atomic E-state index is 0. The highest BCUT2D eigenvalue weighted by atomic mass is 35.5. The predicted molar refractivity (Wildman–Crippen MR) is 140 cm³/mol. The summed E-state index contributed by atoms with van der Waals surface area (Å²) in [6.45, 7) is 4.47. The Labute approximate surface area is 227 Å². The first-order valence-electron chi connectivity index (χ1n) is 12.3. The first kappa shape index (κ1) is 28.6. The van der Waals surface area contributed by atoms with Crippen LogP contribution in [-0.4, -0.2) is 56.8 Å². The van der Waals surface area contributed by atoms with E-state index in [1.807, 2.05) is 0 Å². The number of nitrogens with one attached hydrogen (secondary N) is 3. The first-order chi connectivity index (χ1) is 18.0. The molecule has 0 aliphatic carbocycles. The van der Waals surface area contributed by atoms with Gasteiger partial charge in [-0.25, -0.2) is 14.2 Å². The van der Waals surface area contributed by atoms with E-state index in [2.05, 4.69) is 30.9 Å². The summed E-state index contributed by atoms with van der Waals surface area (Å²) in [5.74, 6) is -2.27. The minimum Gasteiger partial charge on any atom is -0.382 e. The molecule has 3 aromatic rings. The molecule has 2 saturated heterocycles. The van der Waals surface area contributed by atoms with Crippen molar-refractivity contribution in [2.75, 3.05) is 30.3 Å². The highest BCUT2D eigenvalue weighted by Gasteiger charge is 2.44. The standard InChI is InChI=1S/C25H27F4N7O2.ClH/c1-14-19-20(31-13-24-7-3-9-36(24)10-4-8-24)16(12-30-21(19)35(2)34-14)22(37)33-23(38)32-15-5-6-18(26)17(11-15)25(27,28)29;/h5-6,11-12H,3-4,7-10,13H2,1-2H3,(H,30,31)(H2,32,33,37,38);1H. The fraction of sp³-hybridized carbons (Fsp3) is 0.440. The van der Waals surface area contributed by atoms with Crippen LogP contribution in [0.5, 0.6) is 0 Å². The normalized spacial score (nSPS) is 16.6. The maximum Gasteiger partial charge on any atom is 0.419 e. The Kier molecular flexibility index (Phi) is 7.77. The summed E-state index contributed by atoms with van der Waals surface area (Å²) in [6.07, 6.45) is 0.694. The van der Waals surface area contributed by atoms with Gasteiger partial charge in [-0.1, -0.05) is 0 Å². The van der Waals surface area contributed by atoms with Crippen LogP contribution >= 0.6 is 12.4 Å². The number of urea groups is 1. The lowest BCUT2D eigenvalue weighted by molar-refractivity contribution is -0.139. The van der Waals surface area contributed by atoms with Gasteiger partial charge in [0.1, 0.15) is 5.82 Å². The van der Waals surface area contributed by atoms with Crippen LogP contribution in [0.25, 0.3) is 11.0 Å². The molecule has 3 N–H and O–H groups in total. The molecule has 3 amide bonds. The van der Waals surface area contributed by atoms with Gasteiger partial charge in [0, 0.05) is 31.0 Å². The van der Waals surface area contributed by atoms with Gasteiger partial charge in [-0.05, 0) is 63.9 Å². The summed E-state index contributed by atoms with van der Waals surface area (Å²) in [6, 6.07) is 0.968. The Morgan fingerprint density at radius 3 is 2.51 bits per heavy atom. The summed E-state index contributed by atoms with van der Waals surface area (Å²) in [5.41, 5.74) is -0.0602. The summed E-state index contributed by atoms with van der Waals surface area (Å²) >= 11 is 0. The van der Waals surface area contributed by atoms with Crippen molar-refractivity contribution in [3.63, 3.8) is 0 Å². The van der Waals surface area contributed by atoms with E-state index in [-0.39, 0.29) is 29.2 Å². The smallest absolute Gasteiger partial charge is 0.382 e. The van der Waals surface area contributed by atoms with E-state index in [1.165, 1.54) is 6.20 Å². The van der Waals surface area contributed by atoms with Crippen LogP contribution in [0, 0.1) is 12.7 Å². The van der Waals surface area contributed by atoms with Crippen LogP contribution < -0.4 is 16.0 Å². The molecule has 2 aliphatic rings. The molecule has 2 aromatic heterocycles. The number of anilines is 2. The van der Waals surface area contributed by atoms with Gasteiger partial charge in [0.15, 0.2) is 5.65 Å². The van der Waals surface area contributed by atoms with Crippen molar-refractivity contribution in [2.24, 2.45) is 7.05 Å². The van der Waals surface area contributed by atoms with Gasteiger partial charge in [-0.2, -0.15) is 18.3 Å². The maximum atomic E-state index is 13.6. The average molecular weight is 570 g/mol. The number of rotatable bonds is 5. The summed E-state index contributed by atoms with van der Waals surface area (Å²) < 4.78 is 54.3. The van der Waals surface area contributed by atoms with Crippen molar-refractivity contribution in [1.82, 2.24) is 25.0 Å². The quantitative estimate of drug-likeness (QED) is 0.379. The Morgan fingerprint density at radius 2 is 1.85 bits per heavy atom. The zero-order valence-electron chi connectivity index (χ0n) is 21.3. The van der Waals surface area contributed by atoms with E-state index in [4.69, 9.17) is 0 Å². The van der Waals surface area contributed by atoms with Crippen molar-refractivity contribution in [3.8, 4) is 0 Å². The molecule has 2 fully saturated rings. The fourth-order valence-corrected chi connectivity index (χ4v) is 5.69. The molecular weight excluding hydrogens is 542 g/mol. The third-order valence-electron chi connectivity index (χ3n) is 7.43. The van der Waals surface area contributed by atoms with Gasteiger partial charge in [-0.3, -0.25) is 19.7 Å². The highest BCUT2D eigenvalue weighted by Crippen LogP contribution is 2.40. The average Bonchev–Trinajstić information content (AvgIpc) is 3.50. The first-order valence-corrected chi connectivity index (χ1v) is 12.3. The van der Waals surface area contributed by atoms with E-state index in [9.17, 15) is 27.2 Å². The number of aryl methyl sites for hydroxylation is 2. The molecule has 210 valence electrons. The number of amides is 3. The summed E-state index contributed by atoms with van der Waals surface area (Å²) in [4.78, 5) is 32.6. The third kappa shape index (κ3) is 5.37. The number of carbonyl (C=O) groups is 2. The molecule has 0 spiro atoms. The Bertz CT molecular complexity index is 1420. The summed E-state index contributed by atoms with van der Waals surface area (Å²) in [7, 11) is 1.74. The van der Waals surface area contributed by atoms with Gasteiger partial charge >= 0.3 is 12.2 Å². The second kappa shape index (κ2) is 10.6. The molecule has 39 heavy (non-hydrogen) atoms. The van der Waals surface area contributed by atoms with Crippen molar-refractivity contribution in [3.05, 3.63) is 47.0 Å². The molecule has 9 nitrogen and oxygen atoms in total. The van der Waals surface area contributed by atoms with Crippen molar-refractivity contribution < 1.29 is 27.2 Å². The maximum absolute atomic E-state index is 13.6. The van der Waals surface area contributed by atoms with Gasteiger partial charge in [-0.15, -0.1) is 12.4 Å². The Hall–Kier alpha value is -3.45. The number of aromatic nitrogens is 3. The van der Waals surface area contributed by atoms with Crippen LogP contribution in [0.4, 0.5) is 33.7 Å². The summed E-state index contributed by atoms with van der Waals surface area (Å²) in [5, 5.41) is 12.8. The van der Waals surface area contributed by atoms with E-state index >= 15 is 0 Å². The SMILES string of the molecule is Cc1nn(C)c2ncc(C(=O)NC(=O)Nc3ccc(F)c(C(F)(F)F)c3)c(NCC34CCCN3CCC4)c12.Cl. The number of alkyl halides is 3. The monoisotopic (exact) mass is 569 g/mol. The fourth-order valence-electron chi connectivity index (χ4n) is 5.69. The zero-order valence-corrected chi connectivity index (χ0v) is 22.1. The largest absolute Gasteiger partial charge is 0.419 e. The van der Waals surface area contributed by atoms with Gasteiger partial charge in [0.25, 0.3) is 5.91 Å². The van der Waals surface area contributed by atoms with E-state index in [1.54, 1.807) is 18.7 Å². The lowest BCUT2D eigenvalue weighted by Crippen LogP contribution is -2.44. The van der Waals surface area contributed by atoms with Crippen LogP contribution in [0.15, 0.2) is 24.4 Å². The molecule has 1 aromatic carbocycles. The molecule has 0 saturated carbocycles. The number of pyridine rings is 1. The molecule has 0 radical (unpaired) electrons. The number of benzene rings is 1. The lowest BCUT2D eigenvalue weighted by atomic mass is 9.93. The topological polar surface area (TPSA) is 104 Å². The zero-order chi connectivity index (χ0) is 27.2. The van der Waals surface area contributed by atoms with Crippen LogP contribution in [0.1, 0.15) is 47.3 Å². The molecule has 14 heteroatoms. The molecule has 0 atom stereocenters. The number of halogens is 5. The van der Waals surface area contributed by atoms with E-state index in [0.717, 1.165) is 44.8 Å². The Morgan fingerprint density at radius 1 is 1.15 bits per heavy atom. The van der Waals surface area contributed by atoms with E-state index in [0.29, 0.717) is 41.1 Å². The van der Waals surface area contributed by atoms with E-state index < -0.39 is 29.5 Å². The third-order valence-corrected chi connectivity index (χ3v) is 7.43. The number of nitrogens with zero attached hydrogens (tertiary/aromatic N) is 4. The number of hydrogen-bond donors (Lipinski definition) is 3.